The molecule has 0 radical (unpaired) electrons. The van der Waals surface area contributed by atoms with E-state index >= 15 is 0 Å². The molecule has 0 aliphatic heterocycles. The Balaban J connectivity index is 4.64. The van der Waals surface area contributed by atoms with Crippen LogP contribution < -0.4 is 0 Å². The van der Waals surface area contributed by atoms with Gasteiger partial charge in [0.2, 0.25) is 0 Å². The van der Waals surface area contributed by atoms with Gasteiger partial charge >= 0.3 is 25.9 Å². The molecule has 110 valence electrons. The molecule has 0 saturated carbocycles. The highest BCUT2D eigenvalue weighted by Crippen LogP contribution is 2.22. The smallest absolute Gasteiger partial charge is 0.440 e. The van der Waals surface area contributed by atoms with Crippen LogP contribution in [0.25, 0.3) is 0 Å². The van der Waals surface area contributed by atoms with Gasteiger partial charge < -0.3 is 21.2 Å². The fourth-order valence-electron chi connectivity index (χ4n) is 1.82. The Morgan fingerprint density at radius 2 is 1.17 bits per heavy atom. The average molecular weight is 329 g/mol. The van der Waals surface area contributed by atoms with E-state index in [4.69, 9.17) is 21.2 Å². The van der Waals surface area contributed by atoms with Gasteiger partial charge in [-0.15, -0.1) is 0 Å². The van der Waals surface area contributed by atoms with Gasteiger partial charge in [-0.05, 0) is 39.3 Å². The first-order valence-electron chi connectivity index (χ1n) is 6.14. The Kier molecular flexibility index (Phi) is 7.16. The molecular weight excluding hydrogens is 300 g/mol. The van der Waals surface area contributed by atoms with E-state index in [1.807, 2.05) is 19.6 Å². The van der Waals surface area contributed by atoms with Gasteiger partial charge in [0.05, 0.1) is 0 Å². The van der Waals surface area contributed by atoms with Crippen LogP contribution in [0, 0.1) is 0 Å². The molecule has 9 heteroatoms. The SMILES string of the molecule is CO[Si](C)(OC)O[Si](C)(C)O[Si](C)(C)O[SiH](C)C. The van der Waals surface area contributed by atoms with E-state index in [2.05, 4.69) is 26.2 Å². The summed E-state index contributed by atoms with van der Waals surface area (Å²) in [6.07, 6.45) is 0. The molecule has 0 unspecified atom stereocenters. The molecule has 0 amide bonds. The van der Waals surface area contributed by atoms with Gasteiger partial charge in [0, 0.05) is 20.8 Å². The number of hydrogen-bond donors (Lipinski definition) is 0. The molecule has 0 spiro atoms. The summed E-state index contributed by atoms with van der Waals surface area (Å²) < 4.78 is 28.9. The molecule has 5 nitrogen and oxygen atoms in total. The van der Waals surface area contributed by atoms with Crippen molar-refractivity contribution in [2.24, 2.45) is 0 Å². The molecule has 0 aromatic heterocycles. The zero-order valence-electron chi connectivity index (χ0n) is 13.1. The van der Waals surface area contributed by atoms with E-state index in [9.17, 15) is 0 Å². The van der Waals surface area contributed by atoms with Crippen LogP contribution in [0.1, 0.15) is 0 Å². The largest absolute Gasteiger partial charge is 0.488 e. The highest BCUT2D eigenvalue weighted by atomic mass is 28.5. The van der Waals surface area contributed by atoms with Crippen LogP contribution >= 0.6 is 0 Å². The topological polar surface area (TPSA) is 46.2 Å². The average Bonchev–Trinajstić information content (AvgIpc) is 2.12. The van der Waals surface area contributed by atoms with Gasteiger partial charge in [-0.2, -0.15) is 0 Å². The lowest BCUT2D eigenvalue weighted by atomic mass is 11.8. The van der Waals surface area contributed by atoms with E-state index < -0.39 is 35.0 Å². The summed E-state index contributed by atoms with van der Waals surface area (Å²) in [5.41, 5.74) is 0. The molecule has 0 fully saturated rings. The fraction of sp³-hybridized carbons (Fsp3) is 1.00. The maximum absolute atomic E-state index is 6.18. The van der Waals surface area contributed by atoms with Crippen molar-refractivity contribution in [3.63, 3.8) is 0 Å². The van der Waals surface area contributed by atoms with Crippen LogP contribution in [0.15, 0.2) is 0 Å². The standard InChI is InChI=1S/C9H28O5Si4/c1-10-18(9,11-2)14-17(7,8)13-16(5,6)12-15(3)4/h15H,1-9H3. The van der Waals surface area contributed by atoms with Gasteiger partial charge in [-0.3, -0.25) is 0 Å². The van der Waals surface area contributed by atoms with Crippen molar-refractivity contribution in [1.82, 2.24) is 0 Å². The van der Waals surface area contributed by atoms with Crippen LogP contribution in [0.4, 0.5) is 0 Å². The van der Waals surface area contributed by atoms with E-state index in [0.717, 1.165) is 0 Å². The molecule has 0 bridgehead atoms. The van der Waals surface area contributed by atoms with Crippen LogP contribution in [0.2, 0.25) is 45.8 Å². The summed E-state index contributed by atoms with van der Waals surface area (Å²) in [6.45, 7) is 14.3. The first kappa shape index (κ1) is 18.7. The van der Waals surface area contributed by atoms with Crippen LogP contribution in [-0.4, -0.2) is 49.2 Å². The van der Waals surface area contributed by atoms with E-state index in [1.54, 1.807) is 14.2 Å². The quantitative estimate of drug-likeness (QED) is 0.640. The van der Waals surface area contributed by atoms with Crippen molar-refractivity contribution in [3.05, 3.63) is 0 Å². The second-order valence-electron chi connectivity index (χ2n) is 5.44. The molecule has 0 saturated heterocycles. The molecule has 0 N–H and O–H groups in total. The fourth-order valence-corrected chi connectivity index (χ4v) is 16.7. The van der Waals surface area contributed by atoms with Crippen LogP contribution in [-0.2, 0) is 21.2 Å². The van der Waals surface area contributed by atoms with E-state index in [-0.39, 0.29) is 0 Å². The zero-order chi connectivity index (χ0) is 14.6. The van der Waals surface area contributed by atoms with Crippen LogP contribution in [0.3, 0.4) is 0 Å². The van der Waals surface area contributed by atoms with Gasteiger partial charge in [0.1, 0.15) is 0 Å². The molecule has 0 aromatic rings. The maximum atomic E-state index is 6.18. The minimum Gasteiger partial charge on any atom is -0.440 e. The predicted molar refractivity (Wildman–Crippen MR) is 82.7 cm³/mol. The Bertz CT molecular complexity index is 255. The van der Waals surface area contributed by atoms with Crippen molar-refractivity contribution >= 4 is 35.0 Å². The molecule has 0 heterocycles. The van der Waals surface area contributed by atoms with Crippen molar-refractivity contribution in [3.8, 4) is 0 Å². The third kappa shape index (κ3) is 7.30. The second-order valence-corrected chi connectivity index (χ2v) is 18.3. The molecule has 0 aliphatic rings. The first-order chi connectivity index (χ1) is 7.95. The third-order valence-corrected chi connectivity index (χ3v) is 15.2. The molecule has 0 aliphatic carbocycles. The minimum absolute atomic E-state index is 1.10. The van der Waals surface area contributed by atoms with Gasteiger partial charge in [0.25, 0.3) is 0 Å². The van der Waals surface area contributed by atoms with Gasteiger partial charge in [-0.25, -0.2) is 0 Å². The second kappa shape index (κ2) is 6.90. The number of rotatable bonds is 8. The van der Waals surface area contributed by atoms with Crippen molar-refractivity contribution in [1.29, 1.82) is 0 Å². The molecule has 0 aromatic carbocycles. The van der Waals surface area contributed by atoms with Crippen molar-refractivity contribution in [2.75, 3.05) is 14.2 Å². The van der Waals surface area contributed by atoms with Crippen LogP contribution in [0.5, 0.6) is 0 Å². The predicted octanol–water partition coefficient (Wildman–Crippen LogP) is 2.28. The van der Waals surface area contributed by atoms with Crippen molar-refractivity contribution in [2.45, 2.75) is 45.8 Å². The lowest BCUT2D eigenvalue weighted by molar-refractivity contribution is 0.151. The highest BCUT2D eigenvalue weighted by Gasteiger charge is 2.45. The van der Waals surface area contributed by atoms with Gasteiger partial charge in [0.15, 0.2) is 9.04 Å². The first-order valence-corrected chi connectivity index (χ1v) is 16.8. The summed E-state index contributed by atoms with van der Waals surface area (Å²) in [4.78, 5) is 0. The Hall–Kier alpha value is 0.668. The Labute approximate surface area is 116 Å². The normalized spacial score (nSPS) is 14.3. The van der Waals surface area contributed by atoms with E-state index in [1.165, 1.54) is 0 Å². The Morgan fingerprint density at radius 1 is 0.722 bits per heavy atom. The summed E-state index contributed by atoms with van der Waals surface area (Å²) in [5, 5.41) is 0. The summed E-state index contributed by atoms with van der Waals surface area (Å²) >= 11 is 0. The highest BCUT2D eigenvalue weighted by molar-refractivity contribution is 6.85. The molecule has 0 atom stereocenters. The molecule has 0 rings (SSSR count). The lowest BCUT2D eigenvalue weighted by Gasteiger charge is -2.37. The third-order valence-electron chi connectivity index (χ3n) is 2.18. The van der Waals surface area contributed by atoms with Gasteiger partial charge in [-0.1, -0.05) is 0 Å². The summed E-state index contributed by atoms with van der Waals surface area (Å²) in [7, 11) is -4.87. The lowest BCUT2D eigenvalue weighted by Crippen LogP contribution is -2.56. The minimum atomic E-state index is -2.56. The molecular formula is C9H28O5Si4. The zero-order valence-corrected chi connectivity index (χ0v) is 17.3. The monoisotopic (exact) mass is 328 g/mol. The summed E-state index contributed by atoms with van der Waals surface area (Å²) in [6, 6.07) is 0. The maximum Gasteiger partial charge on any atom is 0.488 e. The Morgan fingerprint density at radius 3 is 1.50 bits per heavy atom. The summed E-state index contributed by atoms with van der Waals surface area (Å²) in [5.74, 6) is 0. The van der Waals surface area contributed by atoms with E-state index in [0.29, 0.717) is 0 Å². The molecule has 18 heavy (non-hydrogen) atoms. The van der Waals surface area contributed by atoms with Crippen molar-refractivity contribution < 1.29 is 21.2 Å². The number of hydrogen-bond acceptors (Lipinski definition) is 5.